The molecule has 0 aliphatic heterocycles. The lowest BCUT2D eigenvalue weighted by Gasteiger charge is -2.24. The van der Waals surface area contributed by atoms with Crippen molar-refractivity contribution in [2.75, 3.05) is 13.6 Å². The summed E-state index contributed by atoms with van der Waals surface area (Å²) in [6.07, 6.45) is -3.44. The molecular formula is C14H18F3NO. The maximum atomic E-state index is 12.3. The fraction of sp³-hybridized carbons (Fsp3) is 0.500. The Morgan fingerprint density at radius 3 is 2.21 bits per heavy atom. The van der Waals surface area contributed by atoms with Crippen LogP contribution in [0.5, 0.6) is 0 Å². The quantitative estimate of drug-likeness (QED) is 0.767. The van der Waals surface area contributed by atoms with Gasteiger partial charge in [0.25, 0.3) is 0 Å². The summed E-state index contributed by atoms with van der Waals surface area (Å²) >= 11 is 0. The van der Waals surface area contributed by atoms with E-state index in [0.717, 1.165) is 16.9 Å². The summed E-state index contributed by atoms with van der Waals surface area (Å²) in [4.78, 5) is 13.1. The summed E-state index contributed by atoms with van der Waals surface area (Å²) < 4.78 is 36.8. The fourth-order valence-corrected chi connectivity index (χ4v) is 1.77. The van der Waals surface area contributed by atoms with Crippen LogP contribution in [0.3, 0.4) is 0 Å². The molecule has 1 aromatic rings. The minimum atomic E-state index is -4.30. The zero-order chi connectivity index (χ0) is 14.6. The molecule has 1 unspecified atom stereocenters. The monoisotopic (exact) mass is 273 g/mol. The van der Waals surface area contributed by atoms with Crippen molar-refractivity contribution >= 4 is 5.78 Å². The molecule has 0 aliphatic carbocycles. The number of carbonyl (C=O) groups is 1. The number of nitrogens with zero attached hydrogens (tertiary/aromatic N) is 1. The maximum Gasteiger partial charge on any atom is 0.401 e. The molecule has 0 saturated carbocycles. The van der Waals surface area contributed by atoms with Crippen LogP contribution in [0.25, 0.3) is 0 Å². The van der Waals surface area contributed by atoms with Crippen LogP contribution in [-0.4, -0.2) is 36.5 Å². The van der Waals surface area contributed by atoms with Gasteiger partial charge < -0.3 is 0 Å². The Morgan fingerprint density at radius 2 is 1.79 bits per heavy atom. The smallest absolute Gasteiger partial charge is 0.292 e. The topological polar surface area (TPSA) is 20.3 Å². The molecule has 0 spiro atoms. The second kappa shape index (κ2) is 6.19. The SMILES string of the molecule is CCc1ccc(C(=O)C(C)N(C)CC(F)(F)F)cc1. The molecule has 0 aliphatic rings. The van der Waals surface area contributed by atoms with Crippen molar-refractivity contribution < 1.29 is 18.0 Å². The third-order valence-electron chi connectivity index (χ3n) is 3.12. The van der Waals surface area contributed by atoms with Gasteiger partial charge in [0.05, 0.1) is 12.6 Å². The number of benzene rings is 1. The van der Waals surface area contributed by atoms with Gasteiger partial charge >= 0.3 is 6.18 Å². The van der Waals surface area contributed by atoms with Crippen LogP contribution in [0, 0.1) is 0 Å². The Morgan fingerprint density at radius 1 is 1.26 bits per heavy atom. The van der Waals surface area contributed by atoms with Gasteiger partial charge in [0.1, 0.15) is 0 Å². The van der Waals surface area contributed by atoms with E-state index in [1.54, 1.807) is 12.1 Å². The number of likely N-dealkylation sites (N-methyl/N-ethyl adjacent to an activating group) is 1. The Kier molecular flexibility index (Phi) is 5.11. The third kappa shape index (κ3) is 4.67. The van der Waals surface area contributed by atoms with Crippen LogP contribution in [0.2, 0.25) is 0 Å². The minimum absolute atomic E-state index is 0.297. The normalized spacial score (nSPS) is 13.6. The van der Waals surface area contributed by atoms with Crippen LogP contribution in [-0.2, 0) is 6.42 Å². The average Bonchev–Trinajstić information content (AvgIpc) is 2.35. The molecule has 0 saturated heterocycles. The van der Waals surface area contributed by atoms with Gasteiger partial charge in [-0.25, -0.2) is 0 Å². The molecule has 19 heavy (non-hydrogen) atoms. The lowest BCUT2D eigenvalue weighted by atomic mass is 10.0. The first kappa shape index (κ1) is 15.7. The van der Waals surface area contributed by atoms with Crippen molar-refractivity contribution in [2.24, 2.45) is 0 Å². The number of carbonyl (C=O) groups excluding carboxylic acids is 1. The van der Waals surface area contributed by atoms with E-state index in [1.165, 1.54) is 14.0 Å². The molecule has 0 bridgehead atoms. The van der Waals surface area contributed by atoms with Gasteiger partial charge in [-0.3, -0.25) is 9.69 Å². The zero-order valence-corrected chi connectivity index (χ0v) is 11.3. The highest BCUT2D eigenvalue weighted by Crippen LogP contribution is 2.18. The van der Waals surface area contributed by atoms with E-state index in [1.807, 2.05) is 19.1 Å². The predicted molar refractivity (Wildman–Crippen MR) is 68.3 cm³/mol. The van der Waals surface area contributed by atoms with Crippen LogP contribution < -0.4 is 0 Å². The highest BCUT2D eigenvalue weighted by molar-refractivity contribution is 5.99. The molecule has 0 amide bonds. The van der Waals surface area contributed by atoms with Crippen molar-refractivity contribution in [3.63, 3.8) is 0 Å². The van der Waals surface area contributed by atoms with E-state index in [0.29, 0.717) is 5.56 Å². The van der Waals surface area contributed by atoms with E-state index < -0.39 is 18.8 Å². The second-order valence-corrected chi connectivity index (χ2v) is 4.62. The Labute approximate surface area is 111 Å². The van der Waals surface area contributed by atoms with Gasteiger partial charge in [-0.05, 0) is 26.0 Å². The molecular weight excluding hydrogens is 255 g/mol. The lowest BCUT2D eigenvalue weighted by molar-refractivity contribution is -0.145. The summed E-state index contributed by atoms with van der Waals surface area (Å²) in [7, 11) is 1.30. The van der Waals surface area contributed by atoms with Crippen molar-refractivity contribution in [2.45, 2.75) is 32.5 Å². The van der Waals surface area contributed by atoms with Gasteiger partial charge in [0.2, 0.25) is 0 Å². The number of Topliss-reactive ketones (excluding diaryl/α,β-unsaturated/α-hetero) is 1. The number of ketones is 1. The third-order valence-corrected chi connectivity index (χ3v) is 3.12. The summed E-state index contributed by atoms with van der Waals surface area (Å²) in [6.45, 7) is 2.39. The number of rotatable bonds is 5. The molecule has 0 N–H and O–H groups in total. The Bertz CT molecular complexity index is 425. The largest absolute Gasteiger partial charge is 0.401 e. The van der Waals surface area contributed by atoms with Crippen molar-refractivity contribution in [1.29, 1.82) is 0 Å². The molecule has 1 rings (SSSR count). The number of aryl methyl sites for hydroxylation is 1. The number of hydrogen-bond acceptors (Lipinski definition) is 2. The van der Waals surface area contributed by atoms with Gasteiger partial charge in [0.15, 0.2) is 5.78 Å². The predicted octanol–water partition coefficient (Wildman–Crippen LogP) is 3.31. The summed E-state index contributed by atoms with van der Waals surface area (Å²) in [5.41, 5.74) is 1.53. The van der Waals surface area contributed by atoms with E-state index >= 15 is 0 Å². The van der Waals surface area contributed by atoms with Gasteiger partial charge in [-0.2, -0.15) is 13.2 Å². The van der Waals surface area contributed by atoms with Gasteiger partial charge in [-0.1, -0.05) is 31.2 Å². The minimum Gasteiger partial charge on any atom is -0.292 e. The molecule has 106 valence electrons. The standard InChI is InChI=1S/C14H18F3NO/c1-4-11-5-7-12(8-6-11)13(19)10(2)18(3)9-14(15,16)17/h5-8,10H,4,9H2,1-3H3. The summed E-state index contributed by atoms with van der Waals surface area (Å²) in [5.74, 6) is -0.297. The molecule has 0 aromatic heterocycles. The van der Waals surface area contributed by atoms with Crippen molar-refractivity contribution in [3.8, 4) is 0 Å². The van der Waals surface area contributed by atoms with E-state index in [4.69, 9.17) is 0 Å². The van der Waals surface area contributed by atoms with Crippen LogP contribution in [0.15, 0.2) is 24.3 Å². The van der Waals surface area contributed by atoms with E-state index in [9.17, 15) is 18.0 Å². The number of halogens is 3. The first-order valence-electron chi connectivity index (χ1n) is 6.14. The molecule has 1 atom stereocenters. The fourth-order valence-electron chi connectivity index (χ4n) is 1.77. The van der Waals surface area contributed by atoms with Crippen LogP contribution in [0.1, 0.15) is 29.8 Å². The Balaban J connectivity index is 2.75. The lowest BCUT2D eigenvalue weighted by Crippen LogP contribution is -2.41. The number of alkyl halides is 3. The molecule has 0 fully saturated rings. The summed E-state index contributed by atoms with van der Waals surface area (Å²) in [5, 5.41) is 0. The maximum absolute atomic E-state index is 12.3. The molecule has 0 radical (unpaired) electrons. The van der Waals surface area contributed by atoms with Gasteiger partial charge in [0, 0.05) is 5.56 Å². The number of hydrogen-bond donors (Lipinski definition) is 0. The van der Waals surface area contributed by atoms with Crippen LogP contribution in [0.4, 0.5) is 13.2 Å². The van der Waals surface area contributed by atoms with Crippen molar-refractivity contribution in [3.05, 3.63) is 35.4 Å². The van der Waals surface area contributed by atoms with Crippen LogP contribution >= 0.6 is 0 Å². The molecule has 1 aromatic carbocycles. The first-order chi connectivity index (χ1) is 8.74. The van der Waals surface area contributed by atoms with Crippen molar-refractivity contribution in [1.82, 2.24) is 4.90 Å². The molecule has 0 heterocycles. The van der Waals surface area contributed by atoms with E-state index in [-0.39, 0.29) is 5.78 Å². The van der Waals surface area contributed by atoms with Gasteiger partial charge in [-0.15, -0.1) is 0 Å². The first-order valence-corrected chi connectivity index (χ1v) is 6.14. The molecule has 5 heteroatoms. The average molecular weight is 273 g/mol. The highest BCUT2D eigenvalue weighted by Gasteiger charge is 2.32. The zero-order valence-electron chi connectivity index (χ0n) is 11.3. The second-order valence-electron chi connectivity index (χ2n) is 4.62. The summed E-state index contributed by atoms with van der Waals surface area (Å²) in [6, 6.07) is 6.18. The Hall–Kier alpha value is -1.36. The van der Waals surface area contributed by atoms with E-state index in [2.05, 4.69) is 0 Å². The highest BCUT2D eigenvalue weighted by atomic mass is 19.4. The molecule has 2 nitrogen and oxygen atoms in total.